The van der Waals surface area contributed by atoms with Gasteiger partial charge in [0.25, 0.3) is 10.2 Å². The molecule has 0 aromatic heterocycles. The van der Waals surface area contributed by atoms with E-state index in [4.69, 9.17) is 0 Å². The highest BCUT2D eigenvalue weighted by Crippen LogP contribution is 1.57. The van der Waals surface area contributed by atoms with Gasteiger partial charge in [0, 0.05) is 0 Å². The SMILES string of the molecule is NS(=O)(=O)NC=S. The van der Waals surface area contributed by atoms with Crippen molar-refractivity contribution in [2.24, 2.45) is 5.14 Å². The summed E-state index contributed by atoms with van der Waals surface area (Å²) in [7, 11) is -3.58. The molecule has 42 valence electrons. The fraction of sp³-hybridized carbons (Fsp3) is 0. The van der Waals surface area contributed by atoms with Gasteiger partial charge in [-0.2, -0.15) is 8.42 Å². The summed E-state index contributed by atoms with van der Waals surface area (Å²) < 4.78 is 21.3. The van der Waals surface area contributed by atoms with Gasteiger partial charge < -0.3 is 0 Å². The Morgan fingerprint density at radius 1 is 1.71 bits per heavy atom. The van der Waals surface area contributed by atoms with Crippen molar-refractivity contribution in [3.8, 4) is 0 Å². The maximum absolute atomic E-state index is 9.80. The van der Waals surface area contributed by atoms with Crippen molar-refractivity contribution >= 4 is 27.9 Å². The van der Waals surface area contributed by atoms with Crippen LogP contribution in [0, 0.1) is 0 Å². The molecule has 0 rings (SSSR count). The average molecular weight is 140 g/mol. The van der Waals surface area contributed by atoms with E-state index in [0.717, 1.165) is 5.49 Å². The van der Waals surface area contributed by atoms with Gasteiger partial charge in [-0.3, -0.25) is 4.72 Å². The van der Waals surface area contributed by atoms with E-state index in [2.05, 4.69) is 17.4 Å². The number of nitrogens with one attached hydrogen (secondary N) is 1. The summed E-state index contributed by atoms with van der Waals surface area (Å²) in [6, 6.07) is 0. The highest BCUT2D eigenvalue weighted by atomic mass is 32.2. The summed E-state index contributed by atoms with van der Waals surface area (Å²) in [6.07, 6.45) is 0. The molecule has 0 aromatic carbocycles. The third kappa shape index (κ3) is 5.80. The lowest BCUT2D eigenvalue weighted by molar-refractivity contribution is 0.595. The lowest BCUT2D eigenvalue weighted by atomic mass is 11.6. The molecular weight excluding hydrogens is 136 g/mol. The Labute approximate surface area is 46.9 Å². The largest absolute Gasteiger partial charge is 0.296 e. The van der Waals surface area contributed by atoms with Crippen LogP contribution < -0.4 is 9.86 Å². The van der Waals surface area contributed by atoms with Gasteiger partial charge in [-0.15, -0.1) is 0 Å². The normalized spacial score (nSPS) is 10.4. The summed E-state index contributed by atoms with van der Waals surface area (Å²) >= 11 is 4.10. The van der Waals surface area contributed by atoms with Crippen LogP contribution >= 0.6 is 12.2 Å². The zero-order chi connectivity index (χ0) is 5.91. The van der Waals surface area contributed by atoms with Gasteiger partial charge in [0.15, 0.2) is 0 Å². The molecular formula is CH4N2O2S2. The van der Waals surface area contributed by atoms with Crippen molar-refractivity contribution in [2.75, 3.05) is 0 Å². The molecule has 0 saturated carbocycles. The molecule has 0 saturated heterocycles. The summed E-state index contributed by atoms with van der Waals surface area (Å²) in [6.45, 7) is 0. The van der Waals surface area contributed by atoms with Gasteiger partial charge in [0.05, 0.1) is 5.49 Å². The molecule has 0 amide bonds. The first-order valence-corrected chi connectivity index (χ1v) is 3.32. The van der Waals surface area contributed by atoms with E-state index >= 15 is 0 Å². The molecule has 0 aliphatic rings. The van der Waals surface area contributed by atoms with Gasteiger partial charge in [0.2, 0.25) is 0 Å². The minimum Gasteiger partial charge on any atom is -0.268 e. The molecule has 7 heavy (non-hydrogen) atoms. The Kier molecular flexibility index (Phi) is 2.13. The smallest absolute Gasteiger partial charge is 0.268 e. The fourth-order valence-electron chi connectivity index (χ4n) is 0.0671. The fourth-order valence-corrected chi connectivity index (χ4v) is 0.604. The van der Waals surface area contributed by atoms with Gasteiger partial charge in [-0.1, -0.05) is 12.2 Å². The second-order valence-corrected chi connectivity index (χ2v) is 2.34. The Bertz CT molecular complexity index is 147. The van der Waals surface area contributed by atoms with Crippen LogP contribution in [0.2, 0.25) is 0 Å². The Balaban J connectivity index is 3.84. The maximum atomic E-state index is 9.80. The predicted octanol–water partition coefficient (Wildman–Crippen LogP) is -1.26. The number of rotatable bonds is 2. The molecule has 0 aliphatic heterocycles. The van der Waals surface area contributed by atoms with E-state index in [1.807, 2.05) is 0 Å². The molecule has 0 spiro atoms. The maximum Gasteiger partial charge on any atom is 0.296 e. The zero-order valence-corrected chi connectivity index (χ0v) is 4.92. The van der Waals surface area contributed by atoms with Gasteiger partial charge in [-0.25, -0.2) is 5.14 Å². The molecule has 4 nitrogen and oxygen atoms in total. The molecule has 0 fully saturated rings. The van der Waals surface area contributed by atoms with Crippen LogP contribution in [0.1, 0.15) is 0 Å². The molecule has 0 radical (unpaired) electrons. The lowest BCUT2D eigenvalue weighted by Gasteiger charge is -1.88. The van der Waals surface area contributed by atoms with Gasteiger partial charge >= 0.3 is 0 Å². The van der Waals surface area contributed by atoms with Crippen LogP contribution in [0.15, 0.2) is 0 Å². The monoisotopic (exact) mass is 140 g/mol. The first-order valence-electron chi connectivity index (χ1n) is 1.30. The lowest BCUT2D eigenvalue weighted by Crippen LogP contribution is -2.28. The van der Waals surface area contributed by atoms with Crippen LogP contribution in [0.3, 0.4) is 0 Å². The highest BCUT2D eigenvalue weighted by Gasteiger charge is 1.90. The quantitative estimate of drug-likeness (QED) is 0.470. The van der Waals surface area contributed by atoms with Crippen LogP contribution in [0.5, 0.6) is 0 Å². The van der Waals surface area contributed by atoms with Gasteiger partial charge in [0.1, 0.15) is 0 Å². The van der Waals surface area contributed by atoms with E-state index in [1.54, 1.807) is 4.72 Å². The van der Waals surface area contributed by atoms with E-state index < -0.39 is 10.2 Å². The van der Waals surface area contributed by atoms with E-state index in [-0.39, 0.29) is 0 Å². The standard InChI is InChI=1S/CH4N2O2S2/c2-7(4,5)3-1-6/h1H,(H,3,6)(H2,2,4,5). The highest BCUT2D eigenvalue weighted by molar-refractivity contribution is 7.89. The molecule has 3 N–H and O–H groups in total. The summed E-state index contributed by atoms with van der Waals surface area (Å²) in [5, 5.41) is 4.41. The summed E-state index contributed by atoms with van der Waals surface area (Å²) in [5.74, 6) is 0. The molecule has 0 atom stereocenters. The Morgan fingerprint density at radius 3 is 2.14 bits per heavy atom. The van der Waals surface area contributed by atoms with Crippen LogP contribution in [-0.4, -0.2) is 13.9 Å². The first kappa shape index (κ1) is 6.80. The Hall–Kier alpha value is -0.200. The molecule has 0 unspecified atom stereocenters. The number of nitrogens with two attached hydrogens (primary N) is 1. The van der Waals surface area contributed by atoms with Crippen molar-refractivity contribution in [1.82, 2.24) is 4.72 Å². The van der Waals surface area contributed by atoms with E-state index in [1.165, 1.54) is 0 Å². The van der Waals surface area contributed by atoms with Crippen molar-refractivity contribution in [3.05, 3.63) is 0 Å². The van der Waals surface area contributed by atoms with E-state index in [9.17, 15) is 8.42 Å². The topological polar surface area (TPSA) is 72.2 Å². The van der Waals surface area contributed by atoms with Gasteiger partial charge in [-0.05, 0) is 0 Å². The van der Waals surface area contributed by atoms with Crippen molar-refractivity contribution in [3.63, 3.8) is 0 Å². The minimum atomic E-state index is -3.58. The average Bonchev–Trinajstić information content (AvgIpc) is 1.30. The van der Waals surface area contributed by atoms with Crippen molar-refractivity contribution in [2.45, 2.75) is 0 Å². The second kappa shape index (κ2) is 2.20. The molecule has 0 aliphatic carbocycles. The predicted molar refractivity (Wildman–Crippen MR) is 29.9 cm³/mol. The van der Waals surface area contributed by atoms with Crippen molar-refractivity contribution < 1.29 is 8.42 Å². The van der Waals surface area contributed by atoms with Crippen molar-refractivity contribution in [1.29, 1.82) is 0 Å². The third-order valence-corrected chi connectivity index (χ3v) is 0.926. The molecule has 0 heterocycles. The van der Waals surface area contributed by atoms with Crippen LogP contribution in [-0.2, 0) is 10.2 Å². The van der Waals surface area contributed by atoms with Crippen LogP contribution in [0.4, 0.5) is 0 Å². The minimum absolute atomic E-state index is 0.829. The number of hydrogen-bond donors (Lipinski definition) is 2. The summed E-state index contributed by atoms with van der Waals surface area (Å²) in [4.78, 5) is 0. The Morgan fingerprint density at radius 2 is 2.14 bits per heavy atom. The zero-order valence-electron chi connectivity index (χ0n) is 3.29. The van der Waals surface area contributed by atoms with Crippen LogP contribution in [0.25, 0.3) is 0 Å². The number of hydrogen-bond acceptors (Lipinski definition) is 3. The second-order valence-electron chi connectivity index (χ2n) is 0.781. The molecule has 6 heteroatoms. The van der Waals surface area contributed by atoms with E-state index in [0.29, 0.717) is 0 Å². The third-order valence-electron chi connectivity index (χ3n) is 0.212. The summed E-state index contributed by atoms with van der Waals surface area (Å²) in [5.41, 5.74) is 0.829. The molecule has 0 bridgehead atoms. The molecule has 0 aromatic rings. The first-order chi connectivity index (χ1) is 3.06. The number of thiocarbonyl (C=S) groups is 1.